The normalized spacial score (nSPS) is 24.6. The third-order valence-corrected chi connectivity index (χ3v) is 6.41. The van der Waals surface area contributed by atoms with E-state index in [1.54, 1.807) is 0 Å². The molecule has 0 saturated carbocycles. The topological polar surface area (TPSA) is 30.9 Å². The smallest absolute Gasteiger partial charge is 0.113 e. The molecule has 2 aliphatic rings. The van der Waals surface area contributed by atoms with Crippen LogP contribution in [0.15, 0.2) is 103 Å². The molecule has 3 aromatic rings. The van der Waals surface area contributed by atoms with Gasteiger partial charge in [-0.15, -0.1) is 0 Å². The molecule has 2 heterocycles. The monoisotopic (exact) mass is 441 g/mol. The predicted molar refractivity (Wildman–Crippen MR) is 130 cm³/mol. The lowest BCUT2D eigenvalue weighted by molar-refractivity contribution is -0.193. The van der Waals surface area contributed by atoms with Crippen molar-refractivity contribution in [3.05, 3.63) is 120 Å². The Morgan fingerprint density at radius 1 is 0.606 bits per heavy atom. The van der Waals surface area contributed by atoms with Gasteiger partial charge in [0, 0.05) is 13.1 Å². The quantitative estimate of drug-likeness (QED) is 0.438. The molecule has 0 N–H and O–H groups in total. The number of hydrogen-bond acceptors (Lipinski definition) is 4. The first-order valence-electron chi connectivity index (χ1n) is 11.7. The second-order valence-corrected chi connectivity index (χ2v) is 8.73. The first kappa shape index (κ1) is 22.1. The summed E-state index contributed by atoms with van der Waals surface area (Å²) in [6, 6.07) is 31.2. The van der Waals surface area contributed by atoms with E-state index >= 15 is 0 Å². The molecule has 4 nitrogen and oxygen atoms in total. The Kier molecular flexibility index (Phi) is 7.29. The highest BCUT2D eigenvalue weighted by atomic mass is 16.6. The summed E-state index contributed by atoms with van der Waals surface area (Å²) in [5.74, 6) is 0. The number of benzene rings is 3. The predicted octanol–water partition coefficient (Wildman–Crippen LogP) is 5.00. The number of ether oxygens (including phenoxy) is 3. The van der Waals surface area contributed by atoms with Crippen molar-refractivity contribution in [1.29, 1.82) is 0 Å². The minimum absolute atomic E-state index is 0.0779. The summed E-state index contributed by atoms with van der Waals surface area (Å²) in [5, 5.41) is 0. The molecule has 0 radical (unpaired) electrons. The van der Waals surface area contributed by atoms with Gasteiger partial charge in [0.05, 0.1) is 32.0 Å². The van der Waals surface area contributed by atoms with E-state index in [1.807, 2.05) is 30.3 Å². The summed E-state index contributed by atoms with van der Waals surface area (Å²) in [5.41, 5.74) is 3.49. The highest BCUT2D eigenvalue weighted by Gasteiger charge is 2.46. The molecule has 4 heteroatoms. The van der Waals surface area contributed by atoms with Gasteiger partial charge < -0.3 is 14.2 Å². The van der Waals surface area contributed by atoms with Crippen molar-refractivity contribution in [2.24, 2.45) is 0 Å². The minimum atomic E-state index is -0.165. The van der Waals surface area contributed by atoms with E-state index in [0.29, 0.717) is 19.8 Å². The maximum atomic E-state index is 6.57. The van der Waals surface area contributed by atoms with Crippen molar-refractivity contribution in [1.82, 2.24) is 4.90 Å². The summed E-state index contributed by atoms with van der Waals surface area (Å²) < 4.78 is 19.6. The largest absolute Gasteiger partial charge is 0.369 e. The van der Waals surface area contributed by atoms with Crippen LogP contribution in [-0.2, 0) is 34.0 Å². The molecular weight excluding hydrogens is 410 g/mol. The molecular formula is C29H31NO3. The van der Waals surface area contributed by atoms with Gasteiger partial charge in [-0.05, 0) is 16.7 Å². The van der Waals surface area contributed by atoms with Gasteiger partial charge >= 0.3 is 0 Å². The van der Waals surface area contributed by atoms with E-state index in [0.717, 1.165) is 18.7 Å². The van der Waals surface area contributed by atoms with Crippen LogP contribution in [0.1, 0.15) is 16.7 Å². The average Bonchev–Trinajstić information content (AvgIpc) is 3.35. The van der Waals surface area contributed by atoms with Gasteiger partial charge in [0.2, 0.25) is 0 Å². The zero-order valence-corrected chi connectivity index (χ0v) is 18.8. The zero-order chi connectivity index (χ0) is 22.3. The van der Waals surface area contributed by atoms with Crippen LogP contribution >= 0.6 is 0 Å². The average molecular weight is 442 g/mol. The lowest BCUT2D eigenvalue weighted by Gasteiger charge is -2.45. The molecule has 1 saturated heterocycles. The number of fused-ring (bicyclic) bond motifs is 1. The molecule has 0 aliphatic carbocycles. The molecule has 170 valence electrons. The van der Waals surface area contributed by atoms with E-state index < -0.39 is 0 Å². The number of rotatable bonds is 9. The van der Waals surface area contributed by atoms with E-state index in [2.05, 4.69) is 77.7 Å². The first-order chi connectivity index (χ1) is 16.4. The van der Waals surface area contributed by atoms with Crippen molar-refractivity contribution in [2.75, 3.05) is 13.1 Å². The van der Waals surface area contributed by atoms with Gasteiger partial charge in [0.25, 0.3) is 0 Å². The number of hydrogen-bond donors (Lipinski definition) is 0. The van der Waals surface area contributed by atoms with Crippen molar-refractivity contribution in [2.45, 2.75) is 44.2 Å². The lowest BCUT2D eigenvalue weighted by Crippen LogP contribution is -2.61. The van der Waals surface area contributed by atoms with Gasteiger partial charge in [0.1, 0.15) is 12.2 Å². The fourth-order valence-electron chi connectivity index (χ4n) is 4.69. The molecule has 0 bridgehead atoms. The molecule has 1 fully saturated rings. The van der Waals surface area contributed by atoms with Gasteiger partial charge in [-0.3, -0.25) is 4.90 Å². The van der Waals surface area contributed by atoms with Crippen molar-refractivity contribution >= 4 is 0 Å². The third kappa shape index (κ3) is 5.60. The van der Waals surface area contributed by atoms with Crippen LogP contribution in [0.4, 0.5) is 0 Å². The summed E-state index contributed by atoms with van der Waals surface area (Å²) >= 11 is 0. The summed E-state index contributed by atoms with van der Waals surface area (Å²) in [4.78, 5) is 2.44. The molecule has 33 heavy (non-hydrogen) atoms. The van der Waals surface area contributed by atoms with Gasteiger partial charge in [-0.2, -0.15) is 0 Å². The Morgan fingerprint density at radius 2 is 1.09 bits per heavy atom. The van der Waals surface area contributed by atoms with E-state index in [1.165, 1.54) is 11.1 Å². The highest BCUT2D eigenvalue weighted by Crippen LogP contribution is 2.31. The first-order valence-corrected chi connectivity index (χ1v) is 11.7. The fraction of sp³-hybridized carbons (Fsp3) is 0.310. The molecule has 0 unspecified atom stereocenters. The Balaban J connectivity index is 1.35. The second kappa shape index (κ2) is 10.9. The maximum absolute atomic E-state index is 6.57. The van der Waals surface area contributed by atoms with Gasteiger partial charge in [-0.25, -0.2) is 0 Å². The Bertz CT molecular complexity index is 1010. The second-order valence-electron chi connectivity index (χ2n) is 8.73. The molecule has 5 rings (SSSR count). The number of nitrogens with zero attached hydrogens (tertiary/aromatic N) is 1. The molecule has 3 aromatic carbocycles. The fourth-order valence-corrected chi connectivity index (χ4v) is 4.69. The molecule has 0 spiro atoms. The molecule has 4 atom stereocenters. The van der Waals surface area contributed by atoms with Crippen LogP contribution in [0, 0.1) is 0 Å². The van der Waals surface area contributed by atoms with Crippen LogP contribution in [0.2, 0.25) is 0 Å². The van der Waals surface area contributed by atoms with E-state index in [9.17, 15) is 0 Å². The summed E-state index contributed by atoms with van der Waals surface area (Å²) in [6.45, 7) is 3.41. The Hall–Kier alpha value is -2.76. The number of piperidine rings is 1. The zero-order valence-electron chi connectivity index (χ0n) is 18.8. The molecule has 2 aliphatic heterocycles. The van der Waals surface area contributed by atoms with Crippen molar-refractivity contribution in [3.8, 4) is 0 Å². The van der Waals surface area contributed by atoms with Gasteiger partial charge in [0.15, 0.2) is 0 Å². The SMILES string of the molecule is C1=C[C@H]2[C@@H](OCc3ccccc3)[C@H](OCc3ccccc3)[C@H](OCc3ccccc3)CN2C1. The standard InChI is InChI=1S/C29H31NO3/c1-4-11-23(12-5-1)20-31-27-19-30-18-10-17-26(30)28(32-21-24-13-6-2-7-14-24)29(27)33-22-25-15-8-3-9-16-25/h1-17,26-29H,18-22H2/t26-,27+,28+,29+/m0/s1. The minimum Gasteiger partial charge on any atom is -0.369 e. The summed E-state index contributed by atoms with van der Waals surface area (Å²) in [6.07, 6.45) is 4.15. The molecule has 0 amide bonds. The van der Waals surface area contributed by atoms with Crippen molar-refractivity contribution < 1.29 is 14.2 Å². The maximum Gasteiger partial charge on any atom is 0.113 e. The molecule has 0 aromatic heterocycles. The van der Waals surface area contributed by atoms with E-state index in [4.69, 9.17) is 14.2 Å². The Labute approximate surface area is 196 Å². The highest BCUT2D eigenvalue weighted by molar-refractivity contribution is 5.18. The van der Waals surface area contributed by atoms with Crippen LogP contribution in [-0.4, -0.2) is 42.3 Å². The summed E-state index contributed by atoms with van der Waals surface area (Å²) in [7, 11) is 0. The third-order valence-electron chi connectivity index (χ3n) is 6.41. The van der Waals surface area contributed by atoms with Crippen molar-refractivity contribution in [3.63, 3.8) is 0 Å². The van der Waals surface area contributed by atoms with E-state index in [-0.39, 0.29) is 24.4 Å². The van der Waals surface area contributed by atoms with Crippen LogP contribution in [0.5, 0.6) is 0 Å². The van der Waals surface area contributed by atoms with Crippen LogP contribution < -0.4 is 0 Å². The van der Waals surface area contributed by atoms with Crippen LogP contribution in [0.25, 0.3) is 0 Å². The van der Waals surface area contributed by atoms with Gasteiger partial charge in [-0.1, -0.05) is 103 Å². The van der Waals surface area contributed by atoms with Crippen LogP contribution in [0.3, 0.4) is 0 Å². The lowest BCUT2D eigenvalue weighted by atomic mass is 9.94. The Morgan fingerprint density at radius 3 is 1.64 bits per heavy atom.